The molecule has 1 aliphatic rings. The minimum absolute atomic E-state index is 0.182. The highest BCUT2D eigenvalue weighted by atomic mass is 35.5. The van der Waals surface area contributed by atoms with Gasteiger partial charge >= 0.3 is 5.97 Å². The van der Waals surface area contributed by atoms with Crippen LogP contribution >= 0.6 is 11.6 Å². The van der Waals surface area contributed by atoms with Gasteiger partial charge < -0.3 is 15.4 Å². The molecule has 0 aliphatic carbocycles. The topological polar surface area (TPSA) is 67.4 Å². The molecule has 0 bridgehead atoms. The Morgan fingerprint density at radius 1 is 0.970 bits per heavy atom. The third-order valence-electron chi connectivity index (χ3n) is 5.88. The van der Waals surface area contributed by atoms with Gasteiger partial charge in [0.25, 0.3) is 5.91 Å². The van der Waals surface area contributed by atoms with Gasteiger partial charge in [-0.1, -0.05) is 48.0 Å². The lowest BCUT2D eigenvalue weighted by Gasteiger charge is -2.30. The first kappa shape index (κ1) is 23.0. The fourth-order valence-corrected chi connectivity index (χ4v) is 4.29. The van der Waals surface area contributed by atoms with Gasteiger partial charge in [-0.2, -0.15) is 0 Å². The Bertz CT molecular complexity index is 1090. The SMILES string of the molecule is CC(=O)OC(c1ccc(NC(=O)c2ccc(-c3ccc(Cl)cc3)cc2)cc1)C1CCCNC1. The molecule has 1 aliphatic heterocycles. The first-order valence-corrected chi connectivity index (χ1v) is 11.5. The Morgan fingerprint density at radius 2 is 1.61 bits per heavy atom. The number of rotatable bonds is 6. The lowest BCUT2D eigenvalue weighted by Crippen LogP contribution is -2.34. The summed E-state index contributed by atoms with van der Waals surface area (Å²) in [5.41, 5.74) is 4.25. The molecule has 2 N–H and O–H groups in total. The zero-order valence-corrected chi connectivity index (χ0v) is 19.3. The molecule has 33 heavy (non-hydrogen) atoms. The van der Waals surface area contributed by atoms with E-state index in [0.717, 1.165) is 42.6 Å². The number of halogens is 1. The number of hydrogen-bond donors (Lipinski definition) is 2. The van der Waals surface area contributed by atoms with Crippen molar-refractivity contribution in [2.45, 2.75) is 25.9 Å². The molecule has 170 valence electrons. The van der Waals surface area contributed by atoms with Crippen LogP contribution in [-0.2, 0) is 9.53 Å². The van der Waals surface area contributed by atoms with Gasteiger partial charge in [-0.25, -0.2) is 0 Å². The molecule has 3 aromatic rings. The molecule has 0 saturated carbocycles. The normalized spacial score (nSPS) is 16.6. The lowest BCUT2D eigenvalue weighted by molar-refractivity contribution is -0.150. The van der Waals surface area contributed by atoms with Crippen LogP contribution in [0.2, 0.25) is 5.02 Å². The molecular weight excluding hydrogens is 436 g/mol. The number of piperidine rings is 1. The van der Waals surface area contributed by atoms with E-state index in [1.165, 1.54) is 6.92 Å². The van der Waals surface area contributed by atoms with Crippen LogP contribution < -0.4 is 10.6 Å². The van der Waals surface area contributed by atoms with Crippen molar-refractivity contribution in [3.05, 3.63) is 88.9 Å². The second-order valence-corrected chi connectivity index (χ2v) is 8.73. The number of carbonyl (C=O) groups excluding carboxylic acids is 2. The quantitative estimate of drug-likeness (QED) is 0.450. The third kappa shape index (κ3) is 6.01. The zero-order chi connectivity index (χ0) is 23.2. The Morgan fingerprint density at radius 3 is 2.18 bits per heavy atom. The Labute approximate surface area is 199 Å². The monoisotopic (exact) mass is 462 g/mol. The molecule has 1 heterocycles. The highest BCUT2D eigenvalue weighted by Gasteiger charge is 2.27. The van der Waals surface area contributed by atoms with Crippen LogP contribution in [0.3, 0.4) is 0 Å². The minimum atomic E-state index is -0.291. The maximum atomic E-state index is 12.7. The molecule has 2 atom stereocenters. The van der Waals surface area contributed by atoms with Crippen LogP contribution in [-0.4, -0.2) is 25.0 Å². The van der Waals surface area contributed by atoms with E-state index in [1.807, 2.05) is 60.7 Å². The first-order chi connectivity index (χ1) is 16.0. The van der Waals surface area contributed by atoms with Gasteiger partial charge in [0.1, 0.15) is 6.10 Å². The number of hydrogen-bond acceptors (Lipinski definition) is 4. The van der Waals surface area contributed by atoms with Gasteiger partial charge in [0.05, 0.1) is 0 Å². The maximum Gasteiger partial charge on any atom is 0.303 e. The van der Waals surface area contributed by atoms with Crippen LogP contribution in [0.1, 0.15) is 41.8 Å². The largest absolute Gasteiger partial charge is 0.457 e. The molecule has 1 fully saturated rings. The summed E-state index contributed by atoms with van der Waals surface area (Å²) in [5, 5.41) is 7.00. The molecular formula is C27H27ClN2O3. The molecule has 4 rings (SSSR count). The van der Waals surface area contributed by atoms with Gasteiger partial charge in [0, 0.05) is 35.7 Å². The number of ether oxygens (including phenoxy) is 1. The van der Waals surface area contributed by atoms with Gasteiger partial charge in [-0.15, -0.1) is 0 Å². The number of nitrogens with one attached hydrogen (secondary N) is 2. The Hall–Kier alpha value is -3.15. The van der Waals surface area contributed by atoms with Gasteiger partial charge in [0.15, 0.2) is 0 Å². The van der Waals surface area contributed by atoms with E-state index in [1.54, 1.807) is 12.1 Å². The lowest BCUT2D eigenvalue weighted by atomic mass is 9.89. The number of anilines is 1. The summed E-state index contributed by atoms with van der Waals surface area (Å²) in [5.74, 6) is -0.231. The molecule has 1 saturated heterocycles. The van der Waals surface area contributed by atoms with Gasteiger partial charge in [-0.3, -0.25) is 9.59 Å². The van der Waals surface area contributed by atoms with Crippen molar-refractivity contribution in [1.29, 1.82) is 0 Å². The molecule has 3 aromatic carbocycles. The Balaban J connectivity index is 1.42. The van der Waals surface area contributed by atoms with Crippen molar-refractivity contribution < 1.29 is 14.3 Å². The van der Waals surface area contributed by atoms with Crippen LogP contribution in [0.25, 0.3) is 11.1 Å². The van der Waals surface area contributed by atoms with Gasteiger partial charge in [0.2, 0.25) is 0 Å². The number of benzene rings is 3. The van der Waals surface area contributed by atoms with Crippen molar-refractivity contribution in [2.75, 3.05) is 18.4 Å². The first-order valence-electron chi connectivity index (χ1n) is 11.1. The summed E-state index contributed by atoms with van der Waals surface area (Å²) in [6.45, 7) is 3.26. The van der Waals surface area contributed by atoms with Crippen LogP contribution in [0, 0.1) is 5.92 Å². The standard InChI is InChI=1S/C27H27ClN2O3/c1-18(31)33-26(23-3-2-16-29-17-23)21-10-14-25(15-11-21)30-27(32)22-6-4-19(5-7-22)20-8-12-24(28)13-9-20/h4-15,23,26,29H,2-3,16-17H2,1H3,(H,30,32). The molecule has 0 spiro atoms. The van der Waals surface area contributed by atoms with Crippen molar-refractivity contribution in [3.63, 3.8) is 0 Å². The zero-order valence-electron chi connectivity index (χ0n) is 18.5. The number of esters is 1. The molecule has 6 heteroatoms. The van der Waals surface area contributed by atoms with Crippen molar-refractivity contribution in [1.82, 2.24) is 5.32 Å². The number of amides is 1. The maximum absolute atomic E-state index is 12.7. The van der Waals surface area contributed by atoms with Crippen LogP contribution in [0.4, 0.5) is 5.69 Å². The fourth-order valence-electron chi connectivity index (χ4n) is 4.17. The molecule has 5 nitrogen and oxygen atoms in total. The van der Waals surface area contributed by atoms with Crippen molar-refractivity contribution in [3.8, 4) is 11.1 Å². The third-order valence-corrected chi connectivity index (χ3v) is 6.13. The van der Waals surface area contributed by atoms with E-state index in [0.29, 0.717) is 16.3 Å². The number of carbonyl (C=O) groups is 2. The predicted octanol–water partition coefficient (Wildman–Crippen LogP) is 5.86. The van der Waals surface area contributed by atoms with E-state index in [-0.39, 0.29) is 23.9 Å². The molecule has 0 aromatic heterocycles. The summed E-state index contributed by atoms with van der Waals surface area (Å²) in [4.78, 5) is 24.4. The highest BCUT2D eigenvalue weighted by molar-refractivity contribution is 6.30. The predicted molar refractivity (Wildman–Crippen MR) is 131 cm³/mol. The summed E-state index contributed by atoms with van der Waals surface area (Å²) in [6.07, 6.45) is 1.78. The average molecular weight is 463 g/mol. The van der Waals surface area contributed by atoms with Crippen molar-refractivity contribution >= 4 is 29.2 Å². The molecule has 2 unspecified atom stereocenters. The van der Waals surface area contributed by atoms with Crippen LogP contribution in [0.15, 0.2) is 72.8 Å². The summed E-state index contributed by atoms with van der Waals surface area (Å²) in [6, 6.07) is 22.6. The molecule has 0 radical (unpaired) electrons. The second kappa shape index (κ2) is 10.6. The Kier molecular flexibility index (Phi) is 7.43. The van der Waals surface area contributed by atoms with E-state index in [4.69, 9.17) is 16.3 Å². The summed E-state index contributed by atoms with van der Waals surface area (Å²) in [7, 11) is 0. The second-order valence-electron chi connectivity index (χ2n) is 8.30. The minimum Gasteiger partial charge on any atom is -0.457 e. The smallest absolute Gasteiger partial charge is 0.303 e. The average Bonchev–Trinajstić information content (AvgIpc) is 2.84. The van der Waals surface area contributed by atoms with E-state index in [2.05, 4.69) is 10.6 Å². The summed E-state index contributed by atoms with van der Waals surface area (Å²) >= 11 is 5.95. The van der Waals surface area contributed by atoms with Crippen LogP contribution in [0.5, 0.6) is 0 Å². The highest BCUT2D eigenvalue weighted by Crippen LogP contribution is 2.31. The molecule has 1 amide bonds. The van der Waals surface area contributed by atoms with E-state index >= 15 is 0 Å². The fraction of sp³-hybridized carbons (Fsp3) is 0.259. The summed E-state index contributed by atoms with van der Waals surface area (Å²) < 4.78 is 5.65. The van der Waals surface area contributed by atoms with E-state index < -0.39 is 0 Å². The van der Waals surface area contributed by atoms with Gasteiger partial charge in [-0.05, 0) is 72.5 Å². The van der Waals surface area contributed by atoms with E-state index in [9.17, 15) is 9.59 Å². The van der Waals surface area contributed by atoms with Crippen molar-refractivity contribution in [2.24, 2.45) is 5.92 Å².